The van der Waals surface area contributed by atoms with E-state index in [0.717, 1.165) is 11.1 Å². The first-order valence-corrected chi connectivity index (χ1v) is 8.79. The number of ether oxygens (including phenoxy) is 2. The van der Waals surface area contributed by atoms with Gasteiger partial charge in [0.05, 0.1) is 12.2 Å². The molecule has 4 heteroatoms. The van der Waals surface area contributed by atoms with Crippen LogP contribution in [0.15, 0.2) is 54.6 Å². The minimum absolute atomic E-state index is 0.00846. The van der Waals surface area contributed by atoms with E-state index in [4.69, 9.17) is 9.47 Å². The predicted molar refractivity (Wildman–Crippen MR) is 98.6 cm³/mol. The van der Waals surface area contributed by atoms with Crippen LogP contribution in [0.3, 0.4) is 0 Å². The number of morpholine rings is 1. The zero-order chi connectivity index (χ0) is 17.8. The summed E-state index contributed by atoms with van der Waals surface area (Å²) in [5.41, 5.74) is 2.29. The third kappa shape index (κ3) is 4.40. The number of carbonyl (C=O) groups excluding carboxylic acids is 1. The van der Waals surface area contributed by atoms with Gasteiger partial charge in [0.1, 0.15) is 5.75 Å². The van der Waals surface area contributed by atoms with Crippen molar-refractivity contribution in [3.63, 3.8) is 0 Å². The van der Waals surface area contributed by atoms with E-state index in [1.807, 2.05) is 61.2 Å². The summed E-state index contributed by atoms with van der Waals surface area (Å²) in [5, 5.41) is 0. The van der Waals surface area contributed by atoms with Crippen molar-refractivity contribution in [1.82, 2.24) is 4.90 Å². The Bertz CT molecular complexity index is 689. The van der Waals surface area contributed by atoms with E-state index in [0.29, 0.717) is 18.8 Å². The summed E-state index contributed by atoms with van der Waals surface area (Å²) >= 11 is 0. The molecule has 132 valence electrons. The molecule has 0 saturated carbocycles. The molecule has 1 heterocycles. The topological polar surface area (TPSA) is 38.8 Å². The molecule has 2 aromatic rings. The smallest absolute Gasteiger partial charge is 0.263 e. The minimum atomic E-state index is -0.514. The molecule has 3 unspecified atom stereocenters. The van der Waals surface area contributed by atoms with Crippen molar-refractivity contribution >= 4 is 5.91 Å². The van der Waals surface area contributed by atoms with E-state index in [1.165, 1.54) is 0 Å². The molecule has 0 N–H and O–H groups in total. The average Bonchev–Trinajstić information content (AvgIpc) is 2.61. The highest BCUT2D eigenvalue weighted by Gasteiger charge is 2.29. The summed E-state index contributed by atoms with van der Waals surface area (Å²) in [6.45, 7) is 7.01. The molecular formula is C21H25NO3. The first-order valence-electron chi connectivity index (χ1n) is 8.79. The Labute approximate surface area is 149 Å². The molecule has 0 aliphatic carbocycles. The lowest BCUT2D eigenvalue weighted by atomic mass is 10.1. The van der Waals surface area contributed by atoms with E-state index in [1.54, 1.807) is 6.92 Å². The molecule has 0 aromatic heterocycles. The van der Waals surface area contributed by atoms with E-state index in [9.17, 15) is 4.79 Å². The van der Waals surface area contributed by atoms with Gasteiger partial charge in [-0.2, -0.15) is 0 Å². The van der Waals surface area contributed by atoms with Crippen LogP contribution in [-0.2, 0) is 9.53 Å². The van der Waals surface area contributed by atoms with E-state index in [-0.39, 0.29) is 18.1 Å². The molecule has 1 saturated heterocycles. The highest BCUT2D eigenvalue weighted by Crippen LogP contribution is 2.23. The van der Waals surface area contributed by atoms with Crippen LogP contribution < -0.4 is 4.74 Å². The van der Waals surface area contributed by atoms with Crippen LogP contribution >= 0.6 is 0 Å². The molecule has 3 rings (SSSR count). The first kappa shape index (κ1) is 17.5. The van der Waals surface area contributed by atoms with Gasteiger partial charge in [0, 0.05) is 13.1 Å². The maximum atomic E-state index is 12.6. The molecule has 25 heavy (non-hydrogen) atoms. The fraction of sp³-hybridized carbons (Fsp3) is 0.381. The number of carbonyl (C=O) groups is 1. The third-order valence-electron chi connectivity index (χ3n) is 4.35. The summed E-state index contributed by atoms with van der Waals surface area (Å²) in [6, 6.07) is 18.0. The van der Waals surface area contributed by atoms with Gasteiger partial charge < -0.3 is 14.4 Å². The van der Waals surface area contributed by atoms with Gasteiger partial charge in [-0.1, -0.05) is 42.5 Å². The zero-order valence-corrected chi connectivity index (χ0v) is 15.0. The third-order valence-corrected chi connectivity index (χ3v) is 4.35. The fourth-order valence-corrected chi connectivity index (χ4v) is 3.23. The van der Waals surface area contributed by atoms with E-state index in [2.05, 4.69) is 12.1 Å². The van der Waals surface area contributed by atoms with Gasteiger partial charge in [-0.15, -0.1) is 0 Å². The number of hydrogen-bond acceptors (Lipinski definition) is 3. The molecule has 1 amide bonds. The van der Waals surface area contributed by atoms with Crippen molar-refractivity contribution in [2.24, 2.45) is 0 Å². The Morgan fingerprint density at radius 3 is 2.16 bits per heavy atom. The summed E-state index contributed by atoms with van der Waals surface area (Å²) in [6.07, 6.45) is -0.393. The molecule has 3 atom stereocenters. The summed E-state index contributed by atoms with van der Waals surface area (Å²) in [7, 11) is 0. The lowest BCUT2D eigenvalue weighted by molar-refractivity contribution is -0.149. The second-order valence-corrected chi connectivity index (χ2v) is 6.65. The van der Waals surface area contributed by atoms with E-state index >= 15 is 0 Å². The van der Waals surface area contributed by atoms with Gasteiger partial charge in [-0.05, 0) is 44.0 Å². The van der Waals surface area contributed by atoms with Gasteiger partial charge in [0.2, 0.25) is 0 Å². The monoisotopic (exact) mass is 339 g/mol. The predicted octanol–water partition coefficient (Wildman–Crippen LogP) is 3.76. The molecular weight excluding hydrogens is 314 g/mol. The minimum Gasteiger partial charge on any atom is -0.481 e. The number of benzene rings is 2. The Balaban J connectivity index is 1.62. The van der Waals surface area contributed by atoms with Crippen LogP contribution in [0.5, 0.6) is 5.75 Å². The maximum Gasteiger partial charge on any atom is 0.263 e. The lowest BCUT2D eigenvalue weighted by Gasteiger charge is -2.36. The molecule has 0 spiro atoms. The molecule has 0 radical (unpaired) electrons. The highest BCUT2D eigenvalue weighted by molar-refractivity contribution is 5.81. The molecule has 4 nitrogen and oxygen atoms in total. The quantitative estimate of drug-likeness (QED) is 0.851. The zero-order valence-electron chi connectivity index (χ0n) is 15.0. The van der Waals surface area contributed by atoms with Crippen molar-refractivity contribution < 1.29 is 14.3 Å². The number of rotatable bonds is 4. The van der Waals surface area contributed by atoms with Gasteiger partial charge in [0.25, 0.3) is 5.91 Å². The Hall–Kier alpha value is -2.33. The number of amides is 1. The second-order valence-electron chi connectivity index (χ2n) is 6.65. The van der Waals surface area contributed by atoms with Crippen molar-refractivity contribution in [1.29, 1.82) is 0 Å². The lowest BCUT2D eigenvalue weighted by Crippen LogP contribution is -2.51. The Morgan fingerprint density at radius 1 is 1.00 bits per heavy atom. The van der Waals surface area contributed by atoms with Crippen LogP contribution in [0.1, 0.15) is 20.8 Å². The van der Waals surface area contributed by atoms with Crippen molar-refractivity contribution in [3.05, 3.63) is 54.6 Å². The largest absolute Gasteiger partial charge is 0.481 e. The number of hydrogen-bond donors (Lipinski definition) is 0. The van der Waals surface area contributed by atoms with Crippen LogP contribution in [-0.4, -0.2) is 42.2 Å². The Kier molecular flexibility index (Phi) is 5.39. The van der Waals surface area contributed by atoms with Crippen LogP contribution in [0.2, 0.25) is 0 Å². The van der Waals surface area contributed by atoms with Gasteiger partial charge in [-0.3, -0.25) is 4.79 Å². The average molecular weight is 339 g/mol. The van der Waals surface area contributed by atoms with E-state index < -0.39 is 6.10 Å². The van der Waals surface area contributed by atoms with Crippen LogP contribution in [0, 0.1) is 0 Å². The first-order chi connectivity index (χ1) is 12.0. The SMILES string of the molecule is CC1CN(C(=O)C(C)Oc2ccc(-c3ccccc3)cc2)CC(C)O1. The van der Waals surface area contributed by atoms with Crippen molar-refractivity contribution in [3.8, 4) is 16.9 Å². The van der Waals surface area contributed by atoms with Crippen molar-refractivity contribution in [2.45, 2.75) is 39.1 Å². The number of nitrogens with zero attached hydrogens (tertiary/aromatic N) is 1. The standard InChI is InChI=1S/C21H25NO3/c1-15-13-22(14-16(2)24-15)21(23)17(3)25-20-11-9-19(10-12-20)18-7-5-4-6-8-18/h4-12,15-17H,13-14H2,1-3H3. The molecule has 0 bridgehead atoms. The fourth-order valence-electron chi connectivity index (χ4n) is 3.23. The molecule has 1 fully saturated rings. The van der Waals surface area contributed by atoms with Crippen LogP contribution in [0.4, 0.5) is 0 Å². The van der Waals surface area contributed by atoms with Crippen LogP contribution in [0.25, 0.3) is 11.1 Å². The summed E-state index contributed by atoms with van der Waals surface area (Å²) in [4.78, 5) is 14.5. The molecule has 2 aromatic carbocycles. The maximum absolute atomic E-state index is 12.6. The summed E-state index contributed by atoms with van der Waals surface area (Å²) in [5.74, 6) is 0.712. The Morgan fingerprint density at radius 2 is 1.56 bits per heavy atom. The molecule has 1 aliphatic heterocycles. The molecule has 1 aliphatic rings. The van der Waals surface area contributed by atoms with Gasteiger partial charge in [-0.25, -0.2) is 0 Å². The normalized spacial score (nSPS) is 21.6. The highest BCUT2D eigenvalue weighted by atomic mass is 16.5. The van der Waals surface area contributed by atoms with Crippen molar-refractivity contribution in [2.75, 3.05) is 13.1 Å². The summed E-state index contributed by atoms with van der Waals surface area (Å²) < 4.78 is 11.5. The van der Waals surface area contributed by atoms with Gasteiger partial charge in [0.15, 0.2) is 6.10 Å². The van der Waals surface area contributed by atoms with Gasteiger partial charge >= 0.3 is 0 Å². The second kappa shape index (κ2) is 7.70.